The number of nitrogens with zero attached hydrogens (tertiary/aromatic N) is 5. The van der Waals surface area contributed by atoms with Crippen molar-refractivity contribution >= 4 is 139 Å². The number of carbonyl (C=O) groups excluding carboxylic acids is 1. The third-order valence-corrected chi connectivity index (χ3v) is 24.8. The average Bonchev–Trinajstić information content (AvgIpc) is 4.33. The monoisotopic (exact) mass is 1330 g/mol. The molecule has 15 heteroatoms. The molecule has 0 unspecified atom stereocenters. The van der Waals surface area contributed by atoms with Gasteiger partial charge in [0.1, 0.15) is 5.78 Å². The van der Waals surface area contributed by atoms with Gasteiger partial charge in [0.15, 0.2) is 8.24 Å². The molecule has 3 N–H and O–H groups in total. The van der Waals surface area contributed by atoms with E-state index in [1.54, 1.807) is 6.20 Å². The maximum atomic E-state index is 10.5. The lowest BCUT2D eigenvalue weighted by Crippen LogP contribution is -2.51. The molecule has 9 nitrogen and oxygen atoms in total. The normalized spacial score (nSPS) is 16.5. The van der Waals surface area contributed by atoms with Gasteiger partial charge < -0.3 is 19.2 Å². The first kappa shape index (κ1) is 61.2. The van der Waals surface area contributed by atoms with Crippen LogP contribution in [0.15, 0.2) is 104 Å². The molecule has 8 aromatic rings. The van der Waals surface area contributed by atoms with Crippen LogP contribution < -0.4 is 0 Å². The van der Waals surface area contributed by atoms with Crippen molar-refractivity contribution < 1.29 is 4.79 Å². The summed E-state index contributed by atoms with van der Waals surface area (Å²) in [5.41, 5.74) is 16.9. The lowest BCUT2D eigenvalue weighted by Gasteiger charge is -2.44. The summed E-state index contributed by atoms with van der Waals surface area (Å²) in [6.07, 6.45) is 43.9. The van der Waals surface area contributed by atoms with Gasteiger partial charge in [0.25, 0.3) is 0 Å². The zero-order chi connectivity index (χ0) is 55.1. The number of hydrogen-bond donors (Lipinski definition) is 3. The first-order chi connectivity index (χ1) is 37.2. The van der Waals surface area contributed by atoms with Crippen LogP contribution in [0.5, 0.6) is 0 Å². The number of allylic oxidation sites excluding steroid dienone is 2. The number of nitrogens with one attached hydrogen (secondary N) is 3. The highest BCUT2D eigenvalue weighted by molar-refractivity contribution is 9.11. The Labute approximate surface area is 497 Å². The Morgan fingerprint density at radius 1 is 0.558 bits per heavy atom. The molecule has 8 aromatic heterocycles. The molecule has 3 fully saturated rings. The Morgan fingerprint density at radius 3 is 1.61 bits per heavy atom. The quantitative estimate of drug-likeness (QED) is 0.108. The molecule has 0 saturated heterocycles. The minimum atomic E-state index is -1.78. The average molecular weight is 1340 g/mol. The van der Waals surface area contributed by atoms with Crippen LogP contribution in [0.4, 0.5) is 0 Å². The molecule has 0 radical (unpaired) electrons. The predicted molar refractivity (Wildman–Crippen MR) is 343 cm³/mol. The summed E-state index contributed by atoms with van der Waals surface area (Å²) in [4.78, 5) is 38.3. The molecule has 0 atom stereocenters. The first-order valence-electron chi connectivity index (χ1n) is 28.3. The van der Waals surface area contributed by atoms with E-state index < -0.39 is 8.24 Å². The molecular formula is C62H81Br4ClN8OSi. The van der Waals surface area contributed by atoms with Crippen LogP contribution in [0.1, 0.15) is 192 Å². The second-order valence-corrected chi connectivity index (χ2v) is 31.6. The van der Waals surface area contributed by atoms with Gasteiger partial charge >= 0.3 is 0 Å². The maximum Gasteiger partial charge on any atom is 0.169 e. The fourth-order valence-electron chi connectivity index (χ4n) is 12.9. The third kappa shape index (κ3) is 15.5. The predicted octanol–water partition coefficient (Wildman–Crippen LogP) is 21.2. The lowest BCUT2D eigenvalue weighted by atomic mass is 9.85. The van der Waals surface area contributed by atoms with Crippen LogP contribution in [0.25, 0.3) is 49.7 Å². The van der Waals surface area contributed by atoms with Crippen LogP contribution in [-0.4, -0.2) is 59.5 Å². The van der Waals surface area contributed by atoms with Gasteiger partial charge in [-0.25, -0.2) is 0 Å². The van der Waals surface area contributed by atoms with Crippen LogP contribution in [0.2, 0.25) is 16.6 Å². The van der Waals surface area contributed by atoms with Crippen molar-refractivity contribution in [1.29, 1.82) is 0 Å². The fraction of sp³-hybridized carbons (Fsp3) is 0.500. The van der Waals surface area contributed by atoms with Crippen LogP contribution in [0.3, 0.4) is 0 Å². The number of Topliss-reactive ketones (excluding diaryl/α,β-unsaturated/α-hetero) is 1. The number of hydrogen-bond acceptors (Lipinski definition) is 5. The number of carbonyl (C=O) groups is 1. The standard InChI is InChI=1S/C22H35BrN2Si.C13H15BrN2.C13H13BrN2.C7H5BrN2.C6H10O.CH3Cl/c1-15(2)26(16(3)4,17(5)6)25-14-20(18-10-8-7-9-11-18)22-21(25)12-19(23)13-24-22;2*14-10-6-12-13(16-7-10)11(8-15-12)9-4-2-1-3-5-9;8-5-3-7-6(10-4-5)1-2-9-7;7-6-4-2-1-3-5-6;1-2/h12-18H,7-11H2,1-6H3;6-9,15H,1-5H2;4,6-8,15H,1-3,5H2;1-4,9H;1-5H2;1H3. The van der Waals surface area contributed by atoms with Gasteiger partial charge in [-0.3, -0.25) is 24.7 Å². The highest BCUT2D eigenvalue weighted by Gasteiger charge is 2.46. The number of fused-ring (bicyclic) bond motifs is 4. The van der Waals surface area contributed by atoms with E-state index in [2.05, 4.69) is 194 Å². The second-order valence-electron chi connectivity index (χ2n) is 22.2. The zero-order valence-corrected chi connectivity index (χ0v) is 54.5. The Balaban J connectivity index is 0.000000147. The molecule has 0 aromatic carbocycles. The van der Waals surface area contributed by atoms with Crippen LogP contribution in [-0.2, 0) is 4.79 Å². The van der Waals surface area contributed by atoms with Gasteiger partial charge in [0.05, 0.1) is 44.1 Å². The van der Waals surface area contributed by atoms with E-state index in [9.17, 15) is 4.79 Å². The smallest absolute Gasteiger partial charge is 0.169 e. The van der Waals surface area contributed by atoms with Gasteiger partial charge in [-0.1, -0.05) is 92.6 Å². The Hall–Kier alpha value is -3.40. The summed E-state index contributed by atoms with van der Waals surface area (Å²) < 4.78 is 6.91. The summed E-state index contributed by atoms with van der Waals surface area (Å²) >= 11 is 18.6. The molecule has 0 spiro atoms. The van der Waals surface area contributed by atoms with E-state index in [0.717, 1.165) is 82.6 Å². The minimum Gasteiger partial charge on any atom is -0.372 e. The molecule has 0 bridgehead atoms. The number of aromatic nitrogens is 8. The molecule has 12 rings (SSSR count). The van der Waals surface area contributed by atoms with Crippen molar-refractivity contribution in [3.8, 4) is 0 Å². The molecular weight excluding hydrogens is 1260 g/mol. The molecule has 0 amide bonds. The fourth-order valence-corrected chi connectivity index (χ4v) is 20.8. The van der Waals surface area contributed by atoms with Gasteiger partial charge in [0.2, 0.25) is 0 Å². The molecule has 3 saturated carbocycles. The molecule has 4 aliphatic rings. The van der Waals surface area contributed by atoms with Crippen LogP contribution >= 0.6 is 75.3 Å². The van der Waals surface area contributed by atoms with Gasteiger partial charge in [-0.05, 0) is 203 Å². The van der Waals surface area contributed by atoms with E-state index in [0.29, 0.717) is 28.3 Å². The summed E-state index contributed by atoms with van der Waals surface area (Å²) in [5, 5.41) is 0. The van der Waals surface area contributed by atoms with E-state index in [4.69, 9.17) is 4.98 Å². The van der Waals surface area contributed by atoms with Crippen molar-refractivity contribution in [2.24, 2.45) is 0 Å². The minimum absolute atomic E-state index is 0.464. The van der Waals surface area contributed by atoms with Crippen LogP contribution in [0, 0.1) is 0 Å². The van der Waals surface area contributed by atoms with Gasteiger partial charge in [-0.2, -0.15) is 0 Å². The number of pyridine rings is 4. The Morgan fingerprint density at radius 2 is 1.05 bits per heavy atom. The van der Waals surface area contributed by atoms with Gasteiger partial charge in [0, 0.05) is 92.3 Å². The second kappa shape index (κ2) is 29.9. The molecule has 77 heavy (non-hydrogen) atoms. The summed E-state index contributed by atoms with van der Waals surface area (Å²) in [7, 11) is -1.78. The third-order valence-electron chi connectivity index (χ3n) is 16.3. The van der Waals surface area contributed by atoms with Crippen molar-refractivity contribution in [1.82, 2.24) is 39.1 Å². The number of ketones is 1. The highest BCUT2D eigenvalue weighted by atomic mass is 79.9. The summed E-state index contributed by atoms with van der Waals surface area (Å²) in [6, 6.07) is 10.5. The number of rotatable bonds is 7. The maximum absolute atomic E-state index is 10.5. The number of aromatic amines is 3. The number of halogens is 5. The van der Waals surface area contributed by atoms with E-state index >= 15 is 0 Å². The molecule has 4 aliphatic carbocycles. The topological polar surface area (TPSA) is 121 Å². The Kier molecular flexibility index (Phi) is 23.8. The van der Waals surface area contributed by atoms with Crippen molar-refractivity contribution in [2.75, 3.05) is 6.38 Å². The van der Waals surface area contributed by atoms with E-state index in [1.165, 1.54) is 136 Å². The number of alkyl halides is 1. The zero-order valence-electron chi connectivity index (χ0n) is 46.4. The largest absolute Gasteiger partial charge is 0.372 e. The Bertz CT molecular complexity index is 3130. The lowest BCUT2D eigenvalue weighted by molar-refractivity contribution is -0.120. The molecule has 414 valence electrons. The number of H-pyrrole nitrogens is 3. The van der Waals surface area contributed by atoms with E-state index in [-0.39, 0.29) is 0 Å². The molecule has 0 aliphatic heterocycles. The van der Waals surface area contributed by atoms with Gasteiger partial charge in [-0.15, -0.1) is 11.6 Å². The SMILES string of the molecule is Brc1cnc2c(C3=CCCCC3)c[nH]c2c1.Brc1cnc2c(C3CCCCC3)c[nH]c2c1.Brc1cnc2cc[nH]c2c1.CC(C)[Si](C(C)C)(C(C)C)n1cc(C2CCCCC2)c2ncc(Br)cc21.CCl.O=C1CCCCC1. The summed E-state index contributed by atoms with van der Waals surface area (Å²) in [5.74, 6) is 1.88. The van der Waals surface area contributed by atoms with Crippen molar-refractivity contribution in [2.45, 2.75) is 192 Å². The highest BCUT2D eigenvalue weighted by Crippen LogP contribution is 2.47. The van der Waals surface area contributed by atoms with E-state index in [1.807, 2.05) is 36.9 Å². The summed E-state index contributed by atoms with van der Waals surface area (Å²) in [6.45, 7) is 14.7. The van der Waals surface area contributed by atoms with Crippen molar-refractivity contribution in [3.63, 3.8) is 0 Å². The first-order valence-corrected chi connectivity index (χ1v) is 34.4. The van der Waals surface area contributed by atoms with Crippen molar-refractivity contribution in [3.05, 3.63) is 121 Å². The molecule has 8 heterocycles.